The lowest BCUT2D eigenvalue weighted by molar-refractivity contribution is 0.153. The maximum atomic E-state index is 13.8. The fourth-order valence-corrected chi connectivity index (χ4v) is 4.59. The predicted molar refractivity (Wildman–Crippen MR) is 131 cm³/mol. The third kappa shape index (κ3) is 4.62. The zero-order chi connectivity index (χ0) is 24.6. The lowest BCUT2D eigenvalue weighted by Gasteiger charge is -2.45. The molecule has 8 heteroatoms. The molecular weight excluding hydrogens is 433 g/mol. The summed E-state index contributed by atoms with van der Waals surface area (Å²) in [6.07, 6.45) is -0.0477. The molecule has 0 N–H and O–H groups in total. The van der Waals surface area contributed by atoms with Gasteiger partial charge in [0.1, 0.15) is 28.8 Å². The Balaban J connectivity index is 1.64. The molecule has 0 aliphatic carbocycles. The average Bonchev–Trinajstić information content (AvgIpc) is 2.79. The van der Waals surface area contributed by atoms with E-state index in [2.05, 4.69) is 34.7 Å². The summed E-state index contributed by atoms with van der Waals surface area (Å²) < 4.78 is 21.3. The smallest absolute Gasteiger partial charge is 0.252 e. The highest BCUT2D eigenvalue weighted by molar-refractivity contribution is 5.89. The van der Waals surface area contributed by atoms with E-state index in [0.29, 0.717) is 35.6 Å². The summed E-state index contributed by atoms with van der Waals surface area (Å²) in [7, 11) is 1.71. The molecule has 1 saturated heterocycles. The monoisotopic (exact) mass is 463 g/mol. The second-order valence-electron chi connectivity index (χ2n) is 9.30. The number of aryl methyl sites for hydroxylation is 1. The molecule has 34 heavy (non-hydrogen) atoms. The normalized spacial score (nSPS) is 18.9. The van der Waals surface area contributed by atoms with E-state index in [1.165, 1.54) is 12.1 Å². The largest absolute Gasteiger partial charge is 0.491 e. The van der Waals surface area contributed by atoms with Crippen LogP contribution in [0.2, 0.25) is 0 Å². The topological polar surface area (TPSA) is 74.4 Å². The summed E-state index contributed by atoms with van der Waals surface area (Å²) in [5.41, 5.74) is 3.26. The summed E-state index contributed by atoms with van der Waals surface area (Å²) in [4.78, 5) is 21.8. The van der Waals surface area contributed by atoms with Crippen molar-refractivity contribution in [3.63, 3.8) is 0 Å². The van der Waals surface area contributed by atoms with E-state index in [-0.39, 0.29) is 29.6 Å². The van der Waals surface area contributed by atoms with Crippen molar-refractivity contribution in [2.75, 3.05) is 18.0 Å². The van der Waals surface area contributed by atoms with Crippen molar-refractivity contribution in [2.45, 2.75) is 52.4 Å². The Bertz CT molecular complexity index is 1310. The quantitative estimate of drug-likeness (QED) is 0.573. The number of nitriles is 1. The molecule has 178 valence electrons. The molecule has 0 unspecified atom stereocenters. The van der Waals surface area contributed by atoms with Gasteiger partial charge in [-0.25, -0.2) is 9.37 Å². The maximum Gasteiger partial charge on any atom is 0.252 e. The van der Waals surface area contributed by atoms with Crippen LogP contribution in [-0.2, 0) is 13.6 Å². The van der Waals surface area contributed by atoms with Gasteiger partial charge in [0.05, 0.1) is 17.3 Å². The maximum absolute atomic E-state index is 13.8. The van der Waals surface area contributed by atoms with Gasteiger partial charge in [0, 0.05) is 56.5 Å². The highest BCUT2D eigenvalue weighted by Gasteiger charge is 2.31. The Labute approximate surface area is 199 Å². The first-order valence-corrected chi connectivity index (χ1v) is 11.5. The molecule has 1 fully saturated rings. The number of nitrogens with zero attached hydrogens (tertiary/aromatic N) is 5. The minimum atomic E-state index is -0.313. The number of hydrogen-bond acceptors (Lipinski definition) is 6. The van der Waals surface area contributed by atoms with E-state index in [1.807, 2.05) is 13.8 Å². The van der Waals surface area contributed by atoms with Crippen molar-refractivity contribution < 1.29 is 9.13 Å². The number of halogens is 1. The Morgan fingerprint density at radius 1 is 1.18 bits per heavy atom. The molecule has 0 saturated carbocycles. The van der Waals surface area contributed by atoms with Crippen LogP contribution in [0.1, 0.15) is 39.0 Å². The van der Waals surface area contributed by atoms with Crippen molar-refractivity contribution >= 4 is 16.7 Å². The number of rotatable bonds is 5. The van der Waals surface area contributed by atoms with E-state index in [0.717, 1.165) is 17.8 Å². The van der Waals surface area contributed by atoms with Crippen LogP contribution in [0, 0.1) is 17.1 Å². The Morgan fingerprint density at radius 2 is 1.94 bits per heavy atom. The molecule has 1 aliphatic heterocycles. The molecular formula is C26H30FN5O2. The van der Waals surface area contributed by atoms with Crippen LogP contribution in [0.15, 0.2) is 41.2 Å². The first kappa shape index (κ1) is 23.7. The summed E-state index contributed by atoms with van der Waals surface area (Å²) >= 11 is 0. The molecule has 3 aromatic rings. The molecule has 1 aliphatic rings. The predicted octanol–water partition coefficient (Wildman–Crippen LogP) is 3.83. The van der Waals surface area contributed by atoms with Crippen molar-refractivity contribution in [3.8, 4) is 11.8 Å². The molecule has 0 bridgehead atoms. The van der Waals surface area contributed by atoms with Crippen molar-refractivity contribution in [2.24, 2.45) is 7.05 Å². The number of piperazine rings is 1. The van der Waals surface area contributed by atoms with Crippen LogP contribution in [-0.4, -0.2) is 45.7 Å². The minimum Gasteiger partial charge on any atom is -0.491 e. The van der Waals surface area contributed by atoms with Gasteiger partial charge in [-0.05, 0) is 45.9 Å². The van der Waals surface area contributed by atoms with Gasteiger partial charge < -0.3 is 14.2 Å². The number of pyridine rings is 2. The Kier molecular flexibility index (Phi) is 6.58. The van der Waals surface area contributed by atoms with Gasteiger partial charge in [-0.2, -0.15) is 5.26 Å². The molecule has 7 nitrogen and oxygen atoms in total. The molecule has 1 aromatic carbocycles. The number of benzene rings is 1. The number of fused-ring (bicyclic) bond motifs is 1. The van der Waals surface area contributed by atoms with Gasteiger partial charge in [0.2, 0.25) is 0 Å². The number of hydrogen-bond donors (Lipinski definition) is 0. The fourth-order valence-electron chi connectivity index (χ4n) is 4.59. The molecule has 0 amide bonds. The van der Waals surface area contributed by atoms with E-state index >= 15 is 0 Å². The Morgan fingerprint density at radius 3 is 2.65 bits per heavy atom. The van der Waals surface area contributed by atoms with Crippen LogP contribution < -0.4 is 15.2 Å². The fraction of sp³-hybridized carbons (Fsp3) is 0.423. The third-order valence-electron chi connectivity index (χ3n) is 6.37. The molecule has 2 aromatic heterocycles. The van der Waals surface area contributed by atoms with E-state index in [1.54, 1.807) is 35.9 Å². The van der Waals surface area contributed by atoms with Gasteiger partial charge in [-0.15, -0.1) is 0 Å². The molecule has 0 spiro atoms. The lowest BCUT2D eigenvalue weighted by atomic mass is 10.0. The van der Waals surface area contributed by atoms with Crippen LogP contribution in [0.4, 0.5) is 10.1 Å². The van der Waals surface area contributed by atoms with Gasteiger partial charge in [-0.1, -0.05) is 6.07 Å². The van der Waals surface area contributed by atoms with Crippen molar-refractivity contribution in [1.82, 2.24) is 14.5 Å². The van der Waals surface area contributed by atoms with E-state index in [4.69, 9.17) is 4.74 Å². The first-order chi connectivity index (χ1) is 16.2. The number of ether oxygens (including phenoxy) is 1. The van der Waals surface area contributed by atoms with Gasteiger partial charge in [0.25, 0.3) is 5.56 Å². The summed E-state index contributed by atoms with van der Waals surface area (Å²) in [6.45, 7) is 10.2. The van der Waals surface area contributed by atoms with Crippen LogP contribution in [0.5, 0.6) is 5.75 Å². The van der Waals surface area contributed by atoms with Gasteiger partial charge in [-0.3, -0.25) is 9.69 Å². The van der Waals surface area contributed by atoms with Crippen LogP contribution >= 0.6 is 0 Å². The highest BCUT2D eigenvalue weighted by Crippen LogP contribution is 2.30. The minimum absolute atomic E-state index is 0.0477. The Hall–Kier alpha value is -3.44. The van der Waals surface area contributed by atoms with Crippen LogP contribution in [0.25, 0.3) is 11.0 Å². The van der Waals surface area contributed by atoms with Gasteiger partial charge in [0.15, 0.2) is 0 Å². The zero-order valence-electron chi connectivity index (χ0n) is 20.2. The molecule has 4 rings (SSSR count). The van der Waals surface area contributed by atoms with E-state index in [9.17, 15) is 14.4 Å². The third-order valence-corrected chi connectivity index (χ3v) is 6.37. The molecule has 0 radical (unpaired) electrons. The van der Waals surface area contributed by atoms with Crippen molar-refractivity contribution in [3.05, 3.63) is 63.8 Å². The lowest BCUT2D eigenvalue weighted by Crippen LogP contribution is -2.56. The number of anilines is 1. The second kappa shape index (κ2) is 9.43. The first-order valence-electron chi connectivity index (χ1n) is 11.5. The van der Waals surface area contributed by atoms with E-state index < -0.39 is 0 Å². The SMILES string of the molecule is CC(C)Oc1cc(F)ccc1CN1C[C@H](C)N(c2cc(=O)n(C)c3ccc(C#N)nc23)C[C@H]1C. The summed E-state index contributed by atoms with van der Waals surface area (Å²) in [5, 5.41) is 9.35. The van der Waals surface area contributed by atoms with Crippen molar-refractivity contribution in [1.29, 1.82) is 5.26 Å². The number of aromatic nitrogens is 2. The van der Waals surface area contributed by atoms with Crippen LogP contribution in [0.3, 0.4) is 0 Å². The summed E-state index contributed by atoms with van der Waals surface area (Å²) in [6, 6.07) is 12.1. The molecule has 3 heterocycles. The second-order valence-corrected chi connectivity index (χ2v) is 9.30. The molecule has 2 atom stereocenters. The zero-order valence-corrected chi connectivity index (χ0v) is 20.2. The summed E-state index contributed by atoms with van der Waals surface area (Å²) in [5.74, 6) is 0.260. The standard InChI is InChI=1S/C26H30FN5O2/c1-16(2)34-24-10-20(27)7-6-19(24)15-31-13-18(4)32(14-17(31)3)23-11-25(33)30(5)22-9-8-21(12-28)29-26(22)23/h6-11,16-18H,13-15H2,1-5H3/t17-,18+/m1/s1. The van der Waals surface area contributed by atoms with Gasteiger partial charge >= 0.3 is 0 Å². The average molecular weight is 464 g/mol. The highest BCUT2D eigenvalue weighted by atomic mass is 19.1.